The molecule has 2 aliphatic rings. The molecule has 2 aliphatic heterocycles. The van der Waals surface area contributed by atoms with Crippen molar-refractivity contribution < 1.29 is 0 Å². The SMILES string of the molecule is C1=CCN2C=CSC2C1. The highest BCUT2D eigenvalue weighted by Gasteiger charge is 2.19. The third kappa shape index (κ3) is 0.874. The maximum Gasteiger partial charge on any atom is 0.0823 e. The second-order valence-electron chi connectivity index (χ2n) is 2.28. The van der Waals surface area contributed by atoms with E-state index >= 15 is 0 Å². The number of nitrogens with zero attached hydrogens (tertiary/aromatic N) is 1. The summed E-state index contributed by atoms with van der Waals surface area (Å²) in [5.74, 6) is 0. The van der Waals surface area contributed by atoms with Gasteiger partial charge in [-0.05, 0) is 11.8 Å². The molecule has 48 valence electrons. The predicted octanol–water partition coefficient (Wildman–Crippen LogP) is 1.79. The van der Waals surface area contributed by atoms with Crippen molar-refractivity contribution in [2.24, 2.45) is 0 Å². The smallest absolute Gasteiger partial charge is 0.0823 e. The fourth-order valence-electron chi connectivity index (χ4n) is 1.16. The second-order valence-corrected chi connectivity index (χ2v) is 3.37. The van der Waals surface area contributed by atoms with Gasteiger partial charge in [-0.1, -0.05) is 12.2 Å². The largest absolute Gasteiger partial charge is 0.361 e. The van der Waals surface area contributed by atoms with Crippen LogP contribution in [-0.2, 0) is 0 Å². The lowest BCUT2D eigenvalue weighted by atomic mass is 10.3. The first-order valence-corrected chi connectivity index (χ1v) is 4.14. The third-order valence-electron chi connectivity index (χ3n) is 1.68. The van der Waals surface area contributed by atoms with Crippen LogP contribution in [0.15, 0.2) is 23.8 Å². The minimum Gasteiger partial charge on any atom is -0.361 e. The van der Waals surface area contributed by atoms with Gasteiger partial charge in [0.05, 0.1) is 5.37 Å². The van der Waals surface area contributed by atoms with Crippen LogP contribution in [0, 0.1) is 0 Å². The van der Waals surface area contributed by atoms with E-state index in [-0.39, 0.29) is 0 Å². The van der Waals surface area contributed by atoms with E-state index in [4.69, 9.17) is 0 Å². The average Bonchev–Trinajstić information content (AvgIpc) is 2.33. The number of hydrogen-bond donors (Lipinski definition) is 0. The van der Waals surface area contributed by atoms with Gasteiger partial charge in [0.15, 0.2) is 0 Å². The predicted molar refractivity (Wildman–Crippen MR) is 41.0 cm³/mol. The molecule has 2 rings (SSSR count). The van der Waals surface area contributed by atoms with E-state index in [0.29, 0.717) is 0 Å². The highest BCUT2D eigenvalue weighted by atomic mass is 32.2. The Morgan fingerprint density at radius 2 is 2.44 bits per heavy atom. The first-order valence-electron chi connectivity index (χ1n) is 3.20. The molecule has 9 heavy (non-hydrogen) atoms. The van der Waals surface area contributed by atoms with Gasteiger partial charge < -0.3 is 4.90 Å². The molecule has 0 N–H and O–H groups in total. The molecular formula is C7H9NS. The number of rotatable bonds is 0. The zero-order chi connectivity index (χ0) is 6.10. The van der Waals surface area contributed by atoms with Crippen molar-refractivity contribution >= 4 is 11.8 Å². The second kappa shape index (κ2) is 2.10. The van der Waals surface area contributed by atoms with Gasteiger partial charge in [0.1, 0.15) is 0 Å². The molecule has 0 aromatic heterocycles. The molecule has 0 aliphatic carbocycles. The maximum atomic E-state index is 2.37. The van der Waals surface area contributed by atoms with Gasteiger partial charge in [-0.2, -0.15) is 0 Å². The van der Waals surface area contributed by atoms with Crippen molar-refractivity contribution in [3.8, 4) is 0 Å². The summed E-state index contributed by atoms with van der Waals surface area (Å²) < 4.78 is 0. The summed E-state index contributed by atoms with van der Waals surface area (Å²) in [5, 5.41) is 2.90. The van der Waals surface area contributed by atoms with Gasteiger partial charge in [0.25, 0.3) is 0 Å². The summed E-state index contributed by atoms with van der Waals surface area (Å²) in [4.78, 5) is 2.37. The summed E-state index contributed by atoms with van der Waals surface area (Å²) in [6.07, 6.45) is 7.88. The van der Waals surface area contributed by atoms with E-state index < -0.39 is 0 Å². The highest BCUT2D eigenvalue weighted by Crippen LogP contribution is 2.29. The molecule has 0 radical (unpaired) electrons. The minimum atomic E-state index is 0.718. The molecule has 0 spiro atoms. The van der Waals surface area contributed by atoms with E-state index in [9.17, 15) is 0 Å². The Hall–Kier alpha value is -0.370. The van der Waals surface area contributed by atoms with Gasteiger partial charge in [0, 0.05) is 12.7 Å². The van der Waals surface area contributed by atoms with E-state index in [1.54, 1.807) is 0 Å². The van der Waals surface area contributed by atoms with Crippen LogP contribution in [0.3, 0.4) is 0 Å². The molecule has 0 fully saturated rings. The highest BCUT2D eigenvalue weighted by molar-refractivity contribution is 8.02. The van der Waals surface area contributed by atoms with Crippen molar-refractivity contribution in [2.75, 3.05) is 6.54 Å². The Balaban J connectivity index is 2.13. The van der Waals surface area contributed by atoms with Crippen LogP contribution in [0.25, 0.3) is 0 Å². The standard InChI is InChI=1S/C7H9NS/c1-2-4-8-5-6-9-7(8)3-1/h1-2,5-7H,3-4H2. The Kier molecular flexibility index (Phi) is 1.27. The lowest BCUT2D eigenvalue weighted by molar-refractivity contribution is 0.386. The van der Waals surface area contributed by atoms with Crippen molar-refractivity contribution in [1.29, 1.82) is 0 Å². The van der Waals surface area contributed by atoms with Crippen LogP contribution in [-0.4, -0.2) is 16.8 Å². The van der Waals surface area contributed by atoms with Crippen molar-refractivity contribution in [3.05, 3.63) is 23.8 Å². The molecule has 1 unspecified atom stereocenters. The maximum absolute atomic E-state index is 2.37. The quantitative estimate of drug-likeness (QED) is 0.471. The molecule has 1 nitrogen and oxygen atoms in total. The van der Waals surface area contributed by atoms with Gasteiger partial charge in [-0.15, -0.1) is 11.8 Å². The van der Waals surface area contributed by atoms with Gasteiger partial charge in [0.2, 0.25) is 0 Å². The summed E-state index contributed by atoms with van der Waals surface area (Å²) >= 11 is 1.92. The lowest BCUT2D eigenvalue weighted by Gasteiger charge is -2.25. The molecule has 0 saturated heterocycles. The van der Waals surface area contributed by atoms with Gasteiger partial charge >= 0.3 is 0 Å². The van der Waals surface area contributed by atoms with Crippen LogP contribution in [0.1, 0.15) is 6.42 Å². The molecule has 0 aromatic rings. The summed E-state index contributed by atoms with van der Waals surface area (Å²) in [6.45, 7) is 1.11. The Labute approximate surface area is 59.4 Å². The molecule has 2 heteroatoms. The summed E-state index contributed by atoms with van der Waals surface area (Å²) in [7, 11) is 0. The molecule has 2 heterocycles. The fraction of sp³-hybridized carbons (Fsp3) is 0.429. The normalized spacial score (nSPS) is 31.1. The molecule has 0 aromatic carbocycles. The van der Waals surface area contributed by atoms with Crippen LogP contribution in [0.5, 0.6) is 0 Å². The van der Waals surface area contributed by atoms with Crippen LogP contribution < -0.4 is 0 Å². The van der Waals surface area contributed by atoms with Crippen LogP contribution in [0.4, 0.5) is 0 Å². The van der Waals surface area contributed by atoms with Crippen molar-refractivity contribution in [1.82, 2.24) is 4.90 Å². The van der Waals surface area contributed by atoms with Crippen LogP contribution >= 0.6 is 11.8 Å². The molecule has 0 amide bonds. The van der Waals surface area contributed by atoms with E-state index in [0.717, 1.165) is 11.9 Å². The Bertz CT molecular complexity index is 162. The number of hydrogen-bond acceptors (Lipinski definition) is 2. The zero-order valence-corrected chi connectivity index (χ0v) is 5.97. The van der Waals surface area contributed by atoms with Crippen molar-refractivity contribution in [3.63, 3.8) is 0 Å². The van der Waals surface area contributed by atoms with Gasteiger partial charge in [-0.25, -0.2) is 0 Å². The van der Waals surface area contributed by atoms with E-state index in [1.165, 1.54) is 6.42 Å². The molecule has 0 saturated carbocycles. The first kappa shape index (κ1) is 5.42. The molecule has 0 bridgehead atoms. The first-order chi connectivity index (χ1) is 4.47. The Morgan fingerprint density at radius 1 is 1.44 bits per heavy atom. The van der Waals surface area contributed by atoms with E-state index in [1.807, 2.05) is 11.8 Å². The molecular weight excluding hydrogens is 130 g/mol. The number of thioether (sulfide) groups is 1. The lowest BCUT2D eigenvalue weighted by Crippen LogP contribution is -2.26. The zero-order valence-electron chi connectivity index (χ0n) is 5.16. The van der Waals surface area contributed by atoms with E-state index in [2.05, 4.69) is 28.7 Å². The third-order valence-corrected chi connectivity index (χ3v) is 2.73. The topological polar surface area (TPSA) is 3.24 Å². The fourth-order valence-corrected chi connectivity index (χ4v) is 2.10. The summed E-state index contributed by atoms with van der Waals surface area (Å²) in [6, 6.07) is 0. The Morgan fingerprint density at radius 3 is 3.33 bits per heavy atom. The minimum absolute atomic E-state index is 0.718. The average molecular weight is 139 g/mol. The monoisotopic (exact) mass is 139 g/mol. The van der Waals surface area contributed by atoms with Crippen LogP contribution in [0.2, 0.25) is 0 Å². The molecule has 1 atom stereocenters. The van der Waals surface area contributed by atoms with Gasteiger partial charge in [-0.3, -0.25) is 0 Å². The van der Waals surface area contributed by atoms with Crippen molar-refractivity contribution in [2.45, 2.75) is 11.8 Å². The summed E-state index contributed by atoms with van der Waals surface area (Å²) in [5.41, 5.74) is 0. The number of fused-ring (bicyclic) bond motifs is 1.